The van der Waals surface area contributed by atoms with Gasteiger partial charge in [0.2, 0.25) is 5.91 Å². The van der Waals surface area contributed by atoms with Crippen LogP contribution in [0.5, 0.6) is 0 Å². The Morgan fingerprint density at radius 3 is 2.45 bits per heavy atom. The van der Waals surface area contributed by atoms with E-state index >= 15 is 0 Å². The van der Waals surface area contributed by atoms with E-state index in [1.807, 2.05) is 18.2 Å². The van der Waals surface area contributed by atoms with Crippen molar-refractivity contribution in [1.82, 2.24) is 25.0 Å². The van der Waals surface area contributed by atoms with E-state index in [9.17, 15) is 4.79 Å². The lowest BCUT2D eigenvalue weighted by atomic mass is 9.74. The number of hydrogen-bond donors (Lipinski definition) is 1. The fraction of sp³-hybridized carbons (Fsp3) is 0.591. The first-order valence-electron chi connectivity index (χ1n) is 10.7. The third kappa shape index (κ3) is 3.92. The Morgan fingerprint density at radius 1 is 1.10 bits per heavy atom. The highest BCUT2D eigenvalue weighted by atomic mass is 35.5. The van der Waals surface area contributed by atoms with Gasteiger partial charge in [0.15, 0.2) is 0 Å². The predicted octanol–water partition coefficient (Wildman–Crippen LogP) is 3.27. The van der Waals surface area contributed by atoms with E-state index in [0.29, 0.717) is 5.92 Å². The van der Waals surface area contributed by atoms with E-state index in [0.717, 1.165) is 75.6 Å². The number of carbonyl (C=O) groups is 1. The molecule has 0 atom stereocenters. The smallest absolute Gasteiger partial charge is 0.233 e. The summed E-state index contributed by atoms with van der Waals surface area (Å²) < 4.78 is 2.28. The van der Waals surface area contributed by atoms with Gasteiger partial charge in [-0.25, -0.2) is 0 Å². The lowest BCUT2D eigenvalue weighted by molar-refractivity contribution is -0.139. The van der Waals surface area contributed by atoms with E-state index in [1.54, 1.807) is 0 Å². The number of carbonyl (C=O) groups excluding carboxylic acids is 1. The lowest BCUT2D eigenvalue weighted by Gasteiger charge is -2.40. The van der Waals surface area contributed by atoms with Crippen molar-refractivity contribution in [3.05, 3.63) is 47.5 Å². The predicted molar refractivity (Wildman–Crippen MR) is 116 cm³/mol. The van der Waals surface area contributed by atoms with Crippen LogP contribution in [0.25, 0.3) is 0 Å². The van der Waals surface area contributed by atoms with Gasteiger partial charge in [-0.15, -0.1) is 22.6 Å². The first-order valence-corrected chi connectivity index (χ1v) is 10.7. The van der Waals surface area contributed by atoms with Crippen LogP contribution in [-0.2, 0) is 23.3 Å². The molecule has 1 aromatic heterocycles. The number of nitrogens with one attached hydrogen (secondary N) is 1. The molecule has 0 spiro atoms. The number of piperidine rings is 1. The van der Waals surface area contributed by atoms with Crippen LogP contribution in [0, 0.1) is 0 Å². The van der Waals surface area contributed by atoms with Crippen LogP contribution in [0.3, 0.4) is 0 Å². The molecule has 0 bridgehead atoms. The molecule has 0 unspecified atom stereocenters. The Balaban J connectivity index is 0.00000240. The minimum Gasteiger partial charge on any atom is -0.342 e. The molecule has 1 aromatic carbocycles. The normalized spacial score (nSPS) is 17.5. The van der Waals surface area contributed by atoms with Crippen LogP contribution >= 0.6 is 12.4 Å². The van der Waals surface area contributed by atoms with E-state index < -0.39 is 5.41 Å². The summed E-state index contributed by atoms with van der Waals surface area (Å²) in [6, 6.07) is 10.3. The van der Waals surface area contributed by atoms with Crippen LogP contribution < -0.4 is 5.32 Å². The van der Waals surface area contributed by atoms with E-state index in [1.165, 1.54) is 0 Å². The van der Waals surface area contributed by atoms with Gasteiger partial charge in [0, 0.05) is 32.1 Å². The molecule has 1 N–H and O–H groups in total. The maximum absolute atomic E-state index is 13.6. The molecular weight excluding hydrogens is 386 g/mol. The Labute approximate surface area is 179 Å². The second-order valence-electron chi connectivity index (χ2n) is 8.02. The fourth-order valence-corrected chi connectivity index (χ4v) is 4.90. The zero-order chi connectivity index (χ0) is 19.6. The van der Waals surface area contributed by atoms with Gasteiger partial charge in [-0.3, -0.25) is 4.79 Å². The first-order chi connectivity index (χ1) is 13.7. The van der Waals surface area contributed by atoms with Crippen molar-refractivity contribution in [2.45, 2.75) is 64.0 Å². The molecule has 2 aromatic rings. The van der Waals surface area contributed by atoms with Crippen molar-refractivity contribution < 1.29 is 4.79 Å². The minimum absolute atomic E-state index is 0. The molecule has 4 rings (SSSR count). The summed E-state index contributed by atoms with van der Waals surface area (Å²) in [6.07, 6.45) is 3.60. The molecule has 6 nitrogen and oxygen atoms in total. The third-order valence-corrected chi connectivity index (χ3v) is 6.74. The highest BCUT2D eigenvalue weighted by molar-refractivity contribution is 5.88. The van der Waals surface area contributed by atoms with Crippen molar-refractivity contribution in [2.24, 2.45) is 0 Å². The van der Waals surface area contributed by atoms with Crippen LogP contribution in [0.2, 0.25) is 0 Å². The summed E-state index contributed by atoms with van der Waals surface area (Å²) >= 11 is 0. The maximum Gasteiger partial charge on any atom is 0.233 e. The number of aromatic nitrogens is 3. The Morgan fingerprint density at radius 2 is 1.79 bits per heavy atom. The lowest BCUT2D eigenvalue weighted by Crippen LogP contribution is -2.49. The maximum atomic E-state index is 13.6. The Bertz CT molecular complexity index is 810. The second kappa shape index (κ2) is 9.26. The number of nitrogens with zero attached hydrogens (tertiary/aromatic N) is 4. The number of likely N-dealkylation sites (tertiary alicyclic amines) is 1. The van der Waals surface area contributed by atoms with Crippen LogP contribution in [0.4, 0.5) is 0 Å². The van der Waals surface area contributed by atoms with Crippen molar-refractivity contribution in [3.63, 3.8) is 0 Å². The average Bonchev–Trinajstić information content (AvgIpc) is 3.20. The number of benzene rings is 1. The number of fused-ring (bicyclic) bond motifs is 1. The summed E-state index contributed by atoms with van der Waals surface area (Å²) in [5, 5.41) is 12.2. The van der Waals surface area contributed by atoms with E-state index in [4.69, 9.17) is 0 Å². The molecular formula is C22H32ClN5O. The van der Waals surface area contributed by atoms with Crippen LogP contribution in [0.15, 0.2) is 30.3 Å². The van der Waals surface area contributed by atoms with Crippen molar-refractivity contribution in [3.8, 4) is 0 Å². The quantitative estimate of drug-likeness (QED) is 0.810. The van der Waals surface area contributed by atoms with Crippen molar-refractivity contribution >= 4 is 18.3 Å². The molecule has 2 aliphatic heterocycles. The molecule has 1 fully saturated rings. The van der Waals surface area contributed by atoms with Gasteiger partial charge in [0.1, 0.15) is 11.6 Å². The molecule has 1 saturated heterocycles. The Hall–Kier alpha value is -1.92. The second-order valence-corrected chi connectivity index (χ2v) is 8.02. The standard InChI is InChI=1S/C22H31N5O.ClH/c1-3-22(4-2,18-8-6-5-7-9-18)21(28)26-13-10-17(11-14-26)20-25-24-19-16-23-12-15-27(19)20;/h5-9,17,23H,3-4,10-16H2,1-2H3;1H. The molecule has 29 heavy (non-hydrogen) atoms. The highest BCUT2D eigenvalue weighted by Crippen LogP contribution is 2.36. The third-order valence-electron chi connectivity index (χ3n) is 6.74. The zero-order valence-electron chi connectivity index (χ0n) is 17.4. The van der Waals surface area contributed by atoms with Gasteiger partial charge in [-0.1, -0.05) is 44.2 Å². The van der Waals surface area contributed by atoms with Gasteiger partial charge < -0.3 is 14.8 Å². The molecule has 3 heterocycles. The Kier molecular flexibility index (Phi) is 6.96. The summed E-state index contributed by atoms with van der Waals surface area (Å²) in [7, 11) is 0. The summed E-state index contributed by atoms with van der Waals surface area (Å²) in [6.45, 7) is 8.60. The van der Waals surface area contributed by atoms with Gasteiger partial charge >= 0.3 is 0 Å². The monoisotopic (exact) mass is 417 g/mol. The largest absolute Gasteiger partial charge is 0.342 e. The summed E-state index contributed by atoms with van der Waals surface area (Å²) in [5.41, 5.74) is 0.736. The van der Waals surface area contributed by atoms with Gasteiger partial charge in [0.05, 0.1) is 12.0 Å². The number of hydrogen-bond acceptors (Lipinski definition) is 4. The number of halogens is 1. The van der Waals surface area contributed by atoms with Gasteiger partial charge in [-0.2, -0.15) is 0 Å². The van der Waals surface area contributed by atoms with Crippen molar-refractivity contribution in [1.29, 1.82) is 0 Å². The molecule has 0 aliphatic carbocycles. The molecule has 7 heteroatoms. The van der Waals surface area contributed by atoms with Crippen LogP contribution in [0.1, 0.15) is 62.7 Å². The molecule has 2 aliphatic rings. The molecule has 158 valence electrons. The molecule has 0 radical (unpaired) electrons. The van der Waals surface area contributed by atoms with Gasteiger partial charge in [-0.05, 0) is 31.2 Å². The van der Waals surface area contributed by atoms with E-state index in [-0.39, 0.29) is 18.3 Å². The highest BCUT2D eigenvalue weighted by Gasteiger charge is 2.41. The summed E-state index contributed by atoms with van der Waals surface area (Å²) in [4.78, 5) is 15.7. The minimum atomic E-state index is -0.409. The van der Waals surface area contributed by atoms with Gasteiger partial charge in [0.25, 0.3) is 0 Å². The fourth-order valence-electron chi connectivity index (χ4n) is 4.90. The first kappa shape index (κ1) is 21.8. The van der Waals surface area contributed by atoms with E-state index in [2.05, 4.69) is 51.0 Å². The number of amides is 1. The molecule has 0 saturated carbocycles. The number of rotatable bonds is 5. The van der Waals surface area contributed by atoms with Crippen molar-refractivity contribution in [2.75, 3.05) is 19.6 Å². The molecule has 1 amide bonds. The topological polar surface area (TPSA) is 63.1 Å². The SMILES string of the molecule is CCC(CC)(C(=O)N1CCC(c2nnc3n2CCNC3)CC1)c1ccccc1.Cl. The van der Waals surface area contributed by atoms with Crippen LogP contribution in [-0.4, -0.2) is 45.2 Å². The average molecular weight is 418 g/mol. The summed E-state index contributed by atoms with van der Waals surface area (Å²) in [5.74, 6) is 2.84. The zero-order valence-corrected chi connectivity index (χ0v) is 18.2.